The molecule has 7 heteroatoms. The zero-order chi connectivity index (χ0) is 16.3. The Morgan fingerprint density at radius 2 is 1.95 bits per heavy atom. The van der Waals surface area contributed by atoms with E-state index < -0.39 is 10.0 Å². The molecule has 0 heterocycles. The van der Waals surface area contributed by atoms with Gasteiger partial charge < -0.3 is 16.2 Å². The lowest BCUT2D eigenvalue weighted by Crippen LogP contribution is -2.34. The predicted molar refractivity (Wildman–Crippen MR) is 85.7 cm³/mol. The van der Waals surface area contributed by atoms with Gasteiger partial charge in [0.25, 0.3) is 0 Å². The van der Waals surface area contributed by atoms with Crippen LogP contribution in [-0.2, 0) is 10.0 Å². The lowest BCUT2D eigenvalue weighted by Gasteiger charge is -2.32. The minimum absolute atomic E-state index is 0.0484. The molecule has 5 N–H and O–H groups in total. The number of hydrogen-bond donors (Lipinski definition) is 4. The topological polar surface area (TPSA) is 104 Å². The number of aliphatic hydroxyl groups is 1. The Kier molecular flexibility index (Phi) is 5.61. The maximum Gasteiger partial charge on any atom is 0.242 e. The Morgan fingerprint density at radius 1 is 1.33 bits per heavy atom. The second kappa shape index (κ2) is 6.64. The summed E-state index contributed by atoms with van der Waals surface area (Å²) in [6.07, 6.45) is 0.597. The SMILES string of the molecule is CNS(=O)(=O)c1ccc(NC(CCO)C(C)(C)C)cc1N. The van der Waals surface area contributed by atoms with Gasteiger partial charge in [0.2, 0.25) is 10.0 Å². The fourth-order valence-corrected chi connectivity index (χ4v) is 2.88. The molecule has 0 bridgehead atoms. The van der Waals surface area contributed by atoms with Gasteiger partial charge in [-0.15, -0.1) is 0 Å². The zero-order valence-electron chi connectivity index (χ0n) is 13.0. The van der Waals surface area contributed by atoms with Crippen molar-refractivity contribution in [1.82, 2.24) is 4.72 Å². The van der Waals surface area contributed by atoms with E-state index in [1.807, 2.05) is 0 Å². The predicted octanol–water partition coefficient (Wildman–Crippen LogP) is 1.39. The van der Waals surface area contributed by atoms with Crippen molar-refractivity contribution in [3.8, 4) is 0 Å². The van der Waals surface area contributed by atoms with E-state index in [0.29, 0.717) is 6.42 Å². The molecule has 0 aromatic heterocycles. The average Bonchev–Trinajstić information content (AvgIpc) is 2.37. The van der Waals surface area contributed by atoms with Crippen LogP contribution in [0.2, 0.25) is 0 Å². The van der Waals surface area contributed by atoms with Crippen LogP contribution in [0.15, 0.2) is 23.1 Å². The molecule has 0 fully saturated rings. The van der Waals surface area contributed by atoms with Crippen molar-refractivity contribution in [3.05, 3.63) is 18.2 Å². The highest BCUT2D eigenvalue weighted by Crippen LogP contribution is 2.28. The van der Waals surface area contributed by atoms with Crippen molar-refractivity contribution in [3.63, 3.8) is 0 Å². The van der Waals surface area contributed by atoms with E-state index in [4.69, 9.17) is 10.8 Å². The minimum atomic E-state index is -3.56. The van der Waals surface area contributed by atoms with Crippen molar-refractivity contribution >= 4 is 21.4 Å². The normalized spacial score (nSPS) is 14.0. The molecule has 1 unspecified atom stereocenters. The largest absolute Gasteiger partial charge is 0.398 e. The number of sulfonamides is 1. The average molecular weight is 315 g/mol. The molecule has 1 aromatic rings. The van der Waals surface area contributed by atoms with Gasteiger partial charge in [-0.1, -0.05) is 20.8 Å². The summed E-state index contributed by atoms with van der Waals surface area (Å²) in [6.45, 7) is 6.30. The molecule has 0 aliphatic rings. The number of nitrogens with two attached hydrogens (primary N) is 1. The summed E-state index contributed by atoms with van der Waals surface area (Å²) < 4.78 is 25.8. The molecule has 0 saturated carbocycles. The third-order valence-electron chi connectivity index (χ3n) is 3.37. The van der Waals surface area contributed by atoms with Crippen molar-refractivity contribution < 1.29 is 13.5 Å². The van der Waals surface area contributed by atoms with Crippen LogP contribution in [0.4, 0.5) is 11.4 Å². The van der Waals surface area contributed by atoms with E-state index in [1.54, 1.807) is 12.1 Å². The summed E-state index contributed by atoms with van der Waals surface area (Å²) in [7, 11) is -2.21. The molecule has 1 rings (SSSR count). The molecule has 0 aliphatic carbocycles. The maximum absolute atomic E-state index is 11.8. The molecule has 21 heavy (non-hydrogen) atoms. The fraction of sp³-hybridized carbons (Fsp3) is 0.571. The molecule has 6 nitrogen and oxygen atoms in total. The molecular weight excluding hydrogens is 290 g/mol. The van der Waals surface area contributed by atoms with Gasteiger partial charge in [-0.25, -0.2) is 13.1 Å². The summed E-state index contributed by atoms with van der Waals surface area (Å²) in [5.41, 5.74) is 6.70. The molecule has 0 spiro atoms. The van der Waals surface area contributed by atoms with Crippen LogP contribution >= 0.6 is 0 Å². The van der Waals surface area contributed by atoms with Crippen molar-refractivity contribution in [2.75, 3.05) is 24.7 Å². The number of hydrogen-bond acceptors (Lipinski definition) is 5. The first-order valence-corrected chi connectivity index (χ1v) is 8.30. The van der Waals surface area contributed by atoms with Gasteiger partial charge >= 0.3 is 0 Å². The van der Waals surface area contributed by atoms with E-state index in [9.17, 15) is 8.42 Å². The summed E-state index contributed by atoms with van der Waals surface area (Å²) in [5.74, 6) is 0. The maximum atomic E-state index is 11.8. The van der Waals surface area contributed by atoms with Gasteiger partial charge in [0.1, 0.15) is 4.90 Å². The quantitative estimate of drug-likeness (QED) is 0.594. The first-order chi connectivity index (χ1) is 9.61. The summed E-state index contributed by atoms with van der Waals surface area (Å²) in [5, 5.41) is 12.5. The van der Waals surface area contributed by atoms with E-state index in [0.717, 1.165) is 5.69 Å². The van der Waals surface area contributed by atoms with Gasteiger partial charge in [0.05, 0.1) is 5.69 Å². The zero-order valence-corrected chi connectivity index (χ0v) is 13.8. The van der Waals surface area contributed by atoms with Crippen LogP contribution in [-0.4, -0.2) is 33.2 Å². The van der Waals surface area contributed by atoms with Gasteiger partial charge in [-0.3, -0.25) is 0 Å². The second-order valence-corrected chi connectivity index (χ2v) is 7.89. The summed E-state index contributed by atoms with van der Waals surface area (Å²) in [6, 6.07) is 4.80. The third kappa shape index (κ3) is 4.59. The lowest BCUT2D eigenvalue weighted by atomic mass is 9.85. The highest BCUT2D eigenvalue weighted by Gasteiger charge is 2.24. The minimum Gasteiger partial charge on any atom is -0.398 e. The Hall–Kier alpha value is -1.31. The lowest BCUT2D eigenvalue weighted by molar-refractivity contribution is 0.235. The Labute approximate surface area is 126 Å². The van der Waals surface area contributed by atoms with Crippen molar-refractivity contribution in [2.24, 2.45) is 5.41 Å². The van der Waals surface area contributed by atoms with E-state index >= 15 is 0 Å². The van der Waals surface area contributed by atoms with Crippen LogP contribution < -0.4 is 15.8 Å². The van der Waals surface area contributed by atoms with Gasteiger partial charge in [0, 0.05) is 18.3 Å². The molecule has 0 amide bonds. The number of anilines is 2. The molecule has 1 aromatic carbocycles. The molecule has 0 radical (unpaired) electrons. The van der Waals surface area contributed by atoms with Gasteiger partial charge in [0.15, 0.2) is 0 Å². The molecular formula is C14H25N3O3S. The molecule has 1 atom stereocenters. The van der Waals surface area contributed by atoms with E-state index in [2.05, 4.69) is 30.8 Å². The summed E-state index contributed by atoms with van der Waals surface area (Å²) in [4.78, 5) is 0.0602. The monoisotopic (exact) mass is 315 g/mol. The Balaban J connectivity index is 3.04. The van der Waals surface area contributed by atoms with Crippen LogP contribution in [0, 0.1) is 5.41 Å². The summed E-state index contributed by atoms with van der Waals surface area (Å²) >= 11 is 0. The highest BCUT2D eigenvalue weighted by molar-refractivity contribution is 7.89. The van der Waals surface area contributed by atoms with Crippen LogP contribution in [0.25, 0.3) is 0 Å². The first-order valence-electron chi connectivity index (χ1n) is 6.82. The number of benzene rings is 1. The Morgan fingerprint density at radius 3 is 2.38 bits per heavy atom. The number of nitrogen functional groups attached to an aromatic ring is 1. The standard InChI is InChI=1S/C14H25N3O3S/c1-14(2,3)13(7-8-18)17-10-5-6-12(11(15)9-10)21(19,20)16-4/h5-6,9,13,16-18H,7-8,15H2,1-4H3. The third-order valence-corrected chi connectivity index (χ3v) is 4.86. The van der Waals surface area contributed by atoms with E-state index in [-0.39, 0.29) is 28.6 Å². The smallest absolute Gasteiger partial charge is 0.242 e. The number of rotatable bonds is 6. The van der Waals surface area contributed by atoms with Gasteiger partial charge in [-0.05, 0) is 37.1 Å². The van der Waals surface area contributed by atoms with Crippen molar-refractivity contribution in [2.45, 2.75) is 38.1 Å². The first kappa shape index (κ1) is 17.7. The second-order valence-electron chi connectivity index (χ2n) is 6.04. The number of aliphatic hydroxyl groups excluding tert-OH is 1. The van der Waals surface area contributed by atoms with Crippen molar-refractivity contribution in [1.29, 1.82) is 0 Å². The highest BCUT2D eigenvalue weighted by atomic mass is 32.2. The van der Waals surface area contributed by atoms with Crippen LogP contribution in [0.5, 0.6) is 0 Å². The van der Waals surface area contributed by atoms with Gasteiger partial charge in [-0.2, -0.15) is 0 Å². The van der Waals surface area contributed by atoms with Crippen LogP contribution in [0.1, 0.15) is 27.2 Å². The Bertz CT molecular complexity index is 580. The van der Waals surface area contributed by atoms with Crippen LogP contribution in [0.3, 0.4) is 0 Å². The molecule has 0 saturated heterocycles. The molecule has 0 aliphatic heterocycles. The van der Waals surface area contributed by atoms with E-state index in [1.165, 1.54) is 13.1 Å². The fourth-order valence-electron chi connectivity index (χ4n) is 2.04. The number of nitrogens with one attached hydrogen (secondary N) is 2. The molecule has 120 valence electrons.